The van der Waals surface area contributed by atoms with Gasteiger partial charge in [-0.2, -0.15) is 5.10 Å². The molecule has 1 aromatic rings. The van der Waals surface area contributed by atoms with Crippen LogP contribution in [0.5, 0.6) is 0 Å². The first-order chi connectivity index (χ1) is 9.60. The number of aryl methyl sites for hydroxylation is 2. The van der Waals surface area contributed by atoms with Crippen molar-refractivity contribution in [2.24, 2.45) is 18.7 Å². The van der Waals surface area contributed by atoms with Gasteiger partial charge in [0.1, 0.15) is 0 Å². The average molecular weight is 280 g/mol. The summed E-state index contributed by atoms with van der Waals surface area (Å²) in [5, 5.41) is 4.55. The molecule has 0 saturated carbocycles. The summed E-state index contributed by atoms with van der Waals surface area (Å²) in [6.45, 7) is 7.09. The van der Waals surface area contributed by atoms with Crippen LogP contribution >= 0.6 is 0 Å². The zero-order valence-corrected chi connectivity index (χ0v) is 13.2. The van der Waals surface area contributed by atoms with Crippen molar-refractivity contribution in [3.8, 4) is 0 Å². The molecule has 2 N–H and O–H groups in total. The molecule has 1 fully saturated rings. The van der Waals surface area contributed by atoms with Crippen molar-refractivity contribution in [1.82, 2.24) is 14.7 Å². The van der Waals surface area contributed by atoms with Crippen LogP contribution in [0.3, 0.4) is 0 Å². The SMILES string of the molecule is CCc1nn(C)cc1C(CN)N1CCC(C)C(OC)C1. The molecule has 0 spiro atoms. The van der Waals surface area contributed by atoms with E-state index in [0.717, 1.165) is 31.6 Å². The fourth-order valence-electron chi connectivity index (χ4n) is 3.23. The van der Waals surface area contributed by atoms with Gasteiger partial charge in [-0.3, -0.25) is 9.58 Å². The largest absolute Gasteiger partial charge is 0.380 e. The molecule has 114 valence electrons. The summed E-state index contributed by atoms with van der Waals surface area (Å²) < 4.78 is 7.52. The van der Waals surface area contributed by atoms with Crippen molar-refractivity contribution in [3.05, 3.63) is 17.5 Å². The number of hydrogen-bond acceptors (Lipinski definition) is 4. The summed E-state index contributed by atoms with van der Waals surface area (Å²) in [4.78, 5) is 2.46. The second-order valence-corrected chi connectivity index (χ2v) is 5.84. The van der Waals surface area contributed by atoms with E-state index in [1.54, 1.807) is 0 Å². The van der Waals surface area contributed by atoms with Gasteiger partial charge in [0, 0.05) is 39.0 Å². The monoisotopic (exact) mass is 280 g/mol. The first kappa shape index (κ1) is 15.5. The van der Waals surface area contributed by atoms with Gasteiger partial charge in [-0.05, 0) is 25.3 Å². The van der Waals surface area contributed by atoms with E-state index in [9.17, 15) is 0 Å². The van der Waals surface area contributed by atoms with E-state index in [1.165, 1.54) is 5.56 Å². The maximum absolute atomic E-state index is 6.07. The predicted octanol–water partition coefficient (Wildman–Crippen LogP) is 1.34. The Kier molecular flexibility index (Phi) is 5.18. The number of nitrogens with zero attached hydrogens (tertiary/aromatic N) is 3. The molecule has 1 aliphatic rings. The zero-order chi connectivity index (χ0) is 14.7. The highest BCUT2D eigenvalue weighted by Gasteiger charge is 2.31. The molecule has 0 aromatic carbocycles. The summed E-state index contributed by atoms with van der Waals surface area (Å²) in [5.74, 6) is 0.620. The fraction of sp³-hybridized carbons (Fsp3) is 0.800. The lowest BCUT2D eigenvalue weighted by molar-refractivity contribution is -0.0184. The van der Waals surface area contributed by atoms with Crippen LogP contribution in [-0.4, -0.2) is 47.5 Å². The van der Waals surface area contributed by atoms with E-state index in [2.05, 4.69) is 30.0 Å². The molecule has 0 bridgehead atoms. The highest BCUT2D eigenvalue weighted by atomic mass is 16.5. The summed E-state index contributed by atoms with van der Waals surface area (Å²) in [6, 6.07) is 0.254. The molecule has 0 aliphatic carbocycles. The lowest BCUT2D eigenvalue weighted by atomic mass is 9.93. The molecular formula is C15H28N4O. The van der Waals surface area contributed by atoms with E-state index >= 15 is 0 Å². The molecule has 1 aliphatic heterocycles. The summed E-state index contributed by atoms with van der Waals surface area (Å²) >= 11 is 0. The third-order valence-electron chi connectivity index (χ3n) is 4.52. The second-order valence-electron chi connectivity index (χ2n) is 5.84. The Bertz CT molecular complexity index is 432. The van der Waals surface area contributed by atoms with E-state index in [4.69, 9.17) is 10.5 Å². The standard InChI is InChI=1S/C15H28N4O/c1-5-13-12(9-18(3)17-13)14(8-16)19-7-6-11(2)15(10-19)20-4/h9,11,14-15H,5-8,10,16H2,1-4H3. The molecule has 2 heterocycles. The van der Waals surface area contributed by atoms with Crippen molar-refractivity contribution in [2.75, 3.05) is 26.7 Å². The third-order valence-corrected chi connectivity index (χ3v) is 4.52. The molecule has 1 saturated heterocycles. The molecule has 1 aromatic heterocycles. The molecule has 2 rings (SSSR count). The number of likely N-dealkylation sites (tertiary alicyclic amines) is 1. The molecule has 20 heavy (non-hydrogen) atoms. The zero-order valence-electron chi connectivity index (χ0n) is 13.2. The maximum Gasteiger partial charge on any atom is 0.0724 e. The number of nitrogens with two attached hydrogens (primary N) is 1. The Morgan fingerprint density at radius 3 is 2.90 bits per heavy atom. The fourth-order valence-corrected chi connectivity index (χ4v) is 3.23. The minimum absolute atomic E-state index is 0.254. The molecule has 0 amide bonds. The molecule has 3 unspecified atom stereocenters. The molecule has 0 radical (unpaired) electrons. The van der Waals surface area contributed by atoms with Crippen LogP contribution in [-0.2, 0) is 18.2 Å². The number of rotatable bonds is 5. The molecule has 5 nitrogen and oxygen atoms in total. The lowest BCUT2D eigenvalue weighted by Crippen LogP contribution is -2.47. The van der Waals surface area contributed by atoms with Crippen molar-refractivity contribution in [1.29, 1.82) is 0 Å². The quantitative estimate of drug-likeness (QED) is 0.884. The highest BCUT2D eigenvalue weighted by molar-refractivity contribution is 5.22. The van der Waals surface area contributed by atoms with Crippen LogP contribution in [0.2, 0.25) is 0 Å². The number of ether oxygens (including phenoxy) is 1. The Labute approximate surface area is 122 Å². The van der Waals surface area contributed by atoms with Crippen molar-refractivity contribution < 1.29 is 4.74 Å². The predicted molar refractivity (Wildman–Crippen MR) is 80.5 cm³/mol. The van der Waals surface area contributed by atoms with E-state index in [-0.39, 0.29) is 6.04 Å². The highest BCUT2D eigenvalue weighted by Crippen LogP contribution is 2.29. The Morgan fingerprint density at radius 1 is 1.55 bits per heavy atom. The first-order valence-corrected chi connectivity index (χ1v) is 7.60. The van der Waals surface area contributed by atoms with Gasteiger partial charge in [0.05, 0.1) is 17.8 Å². The Hall–Kier alpha value is -0.910. The molecular weight excluding hydrogens is 252 g/mol. The summed E-state index contributed by atoms with van der Waals surface area (Å²) in [5.41, 5.74) is 8.51. The van der Waals surface area contributed by atoms with Gasteiger partial charge in [-0.15, -0.1) is 0 Å². The lowest BCUT2D eigenvalue weighted by Gasteiger charge is -2.40. The van der Waals surface area contributed by atoms with E-state index < -0.39 is 0 Å². The number of methoxy groups -OCH3 is 1. The second kappa shape index (κ2) is 6.70. The van der Waals surface area contributed by atoms with Crippen LogP contribution in [0.1, 0.15) is 37.6 Å². The van der Waals surface area contributed by atoms with Crippen LogP contribution in [0.4, 0.5) is 0 Å². The summed E-state index contributed by atoms with van der Waals surface area (Å²) in [6.07, 6.45) is 4.54. The van der Waals surface area contributed by atoms with Gasteiger partial charge >= 0.3 is 0 Å². The number of piperidine rings is 1. The van der Waals surface area contributed by atoms with Crippen molar-refractivity contribution in [2.45, 2.75) is 38.8 Å². The first-order valence-electron chi connectivity index (χ1n) is 7.60. The van der Waals surface area contributed by atoms with Crippen LogP contribution in [0.15, 0.2) is 6.20 Å². The van der Waals surface area contributed by atoms with Gasteiger partial charge in [0.15, 0.2) is 0 Å². The topological polar surface area (TPSA) is 56.3 Å². The van der Waals surface area contributed by atoms with Gasteiger partial charge in [-0.25, -0.2) is 0 Å². The molecule has 5 heteroatoms. The number of aromatic nitrogens is 2. The van der Waals surface area contributed by atoms with Crippen LogP contribution in [0.25, 0.3) is 0 Å². The summed E-state index contributed by atoms with van der Waals surface area (Å²) in [7, 11) is 3.79. The van der Waals surface area contributed by atoms with Gasteiger partial charge in [-0.1, -0.05) is 13.8 Å². The maximum atomic E-state index is 6.07. The number of hydrogen-bond donors (Lipinski definition) is 1. The van der Waals surface area contributed by atoms with Crippen molar-refractivity contribution in [3.63, 3.8) is 0 Å². The minimum atomic E-state index is 0.254. The van der Waals surface area contributed by atoms with Crippen LogP contribution < -0.4 is 5.73 Å². The molecule has 3 atom stereocenters. The third kappa shape index (κ3) is 3.05. The Balaban J connectivity index is 2.19. The van der Waals surface area contributed by atoms with E-state index in [1.807, 2.05) is 18.8 Å². The minimum Gasteiger partial charge on any atom is -0.380 e. The average Bonchev–Trinajstić information content (AvgIpc) is 2.82. The van der Waals surface area contributed by atoms with Gasteiger partial charge in [0.2, 0.25) is 0 Å². The smallest absolute Gasteiger partial charge is 0.0724 e. The Morgan fingerprint density at radius 2 is 2.30 bits per heavy atom. The van der Waals surface area contributed by atoms with Gasteiger partial charge in [0.25, 0.3) is 0 Å². The van der Waals surface area contributed by atoms with Gasteiger partial charge < -0.3 is 10.5 Å². The van der Waals surface area contributed by atoms with Crippen LogP contribution in [0, 0.1) is 5.92 Å². The van der Waals surface area contributed by atoms with E-state index in [0.29, 0.717) is 18.6 Å². The normalized spacial score (nSPS) is 25.9. The van der Waals surface area contributed by atoms with Crippen molar-refractivity contribution >= 4 is 0 Å².